The number of hydrogen-bond acceptors (Lipinski definition) is 5. The van der Waals surface area contributed by atoms with Gasteiger partial charge in [-0.25, -0.2) is 0 Å². The van der Waals surface area contributed by atoms with Crippen molar-refractivity contribution in [2.75, 3.05) is 50.8 Å². The minimum absolute atomic E-state index is 0.174. The molecule has 1 fully saturated rings. The molecule has 0 bridgehead atoms. The lowest BCUT2D eigenvalue weighted by Gasteiger charge is -2.38. The molecule has 0 spiro atoms. The molecule has 0 radical (unpaired) electrons. The van der Waals surface area contributed by atoms with Crippen LogP contribution in [0.5, 0.6) is 5.75 Å². The molecule has 0 amide bonds. The zero-order valence-corrected chi connectivity index (χ0v) is 20.5. The molecule has 1 saturated heterocycles. The summed E-state index contributed by atoms with van der Waals surface area (Å²) >= 11 is 5.52. The highest BCUT2D eigenvalue weighted by molar-refractivity contribution is 7.80. The van der Waals surface area contributed by atoms with Gasteiger partial charge in [0.1, 0.15) is 12.4 Å². The summed E-state index contributed by atoms with van der Waals surface area (Å²) in [5.74, 6) is 1.10. The number of thiocarbonyl (C=S) groups is 1. The molecule has 1 heterocycles. The third kappa shape index (κ3) is 6.02. The smallest absolute Gasteiger partial charge is 0.157 e. The van der Waals surface area contributed by atoms with Gasteiger partial charge in [-0.2, -0.15) is 0 Å². The average molecular weight is 434 g/mol. The monoisotopic (exact) mass is 433 g/mol. The summed E-state index contributed by atoms with van der Waals surface area (Å²) in [7, 11) is 0. The van der Waals surface area contributed by atoms with E-state index in [9.17, 15) is 4.79 Å². The van der Waals surface area contributed by atoms with E-state index in [1.165, 1.54) is 0 Å². The number of carbonyl (C=O) groups is 1. The molecule has 1 aliphatic rings. The second kappa shape index (κ2) is 11.2. The molecule has 1 aromatic carbocycles. The molecule has 0 N–H and O–H groups in total. The van der Waals surface area contributed by atoms with Gasteiger partial charge in [0.25, 0.3) is 0 Å². The predicted octanol–water partition coefficient (Wildman–Crippen LogP) is 4.18. The van der Waals surface area contributed by atoms with Crippen LogP contribution >= 0.6 is 12.2 Å². The lowest BCUT2D eigenvalue weighted by Crippen LogP contribution is -2.52. The summed E-state index contributed by atoms with van der Waals surface area (Å²) < 4.78 is 6.16. The molecule has 0 unspecified atom stereocenters. The van der Waals surface area contributed by atoms with E-state index in [0.29, 0.717) is 18.0 Å². The molecule has 1 aromatic rings. The minimum atomic E-state index is -0.672. The highest BCUT2D eigenvalue weighted by atomic mass is 32.1. The first-order chi connectivity index (χ1) is 14.2. The van der Waals surface area contributed by atoms with Crippen molar-refractivity contribution in [1.82, 2.24) is 9.80 Å². The van der Waals surface area contributed by atoms with Crippen molar-refractivity contribution in [3.63, 3.8) is 0 Å². The van der Waals surface area contributed by atoms with Crippen molar-refractivity contribution in [1.29, 1.82) is 0 Å². The Bertz CT molecular complexity index is 727. The fourth-order valence-electron chi connectivity index (χ4n) is 4.19. The number of anilines is 1. The van der Waals surface area contributed by atoms with Crippen molar-refractivity contribution in [2.45, 2.75) is 59.9 Å². The van der Waals surface area contributed by atoms with Crippen LogP contribution in [-0.2, 0) is 11.2 Å². The highest BCUT2D eigenvalue weighted by Gasteiger charge is 2.35. The van der Waals surface area contributed by atoms with Gasteiger partial charge in [0.2, 0.25) is 0 Å². The van der Waals surface area contributed by atoms with Gasteiger partial charge in [-0.3, -0.25) is 9.69 Å². The number of likely N-dealkylation sites (N-methyl/N-ethyl adjacent to an activating group) is 1. The number of benzene rings is 1. The van der Waals surface area contributed by atoms with Gasteiger partial charge in [0, 0.05) is 44.8 Å². The molecular weight excluding hydrogens is 394 g/mol. The minimum Gasteiger partial charge on any atom is -0.492 e. The van der Waals surface area contributed by atoms with Crippen LogP contribution in [-0.4, -0.2) is 72.0 Å². The van der Waals surface area contributed by atoms with E-state index in [1.807, 2.05) is 44.7 Å². The Labute approximate surface area is 188 Å². The Kier molecular flexibility index (Phi) is 9.26. The van der Waals surface area contributed by atoms with Crippen molar-refractivity contribution < 1.29 is 9.53 Å². The normalized spacial score (nSPS) is 15.8. The van der Waals surface area contributed by atoms with Crippen molar-refractivity contribution in [2.24, 2.45) is 0 Å². The molecule has 168 valence electrons. The Morgan fingerprint density at radius 2 is 1.77 bits per heavy atom. The molecular formula is C24H39N3O2S. The van der Waals surface area contributed by atoms with Crippen LogP contribution in [0.25, 0.3) is 0 Å². The van der Waals surface area contributed by atoms with Crippen molar-refractivity contribution in [3.05, 3.63) is 23.8 Å². The summed E-state index contributed by atoms with van der Waals surface area (Å²) in [5, 5.41) is 0. The number of ketones is 1. The maximum absolute atomic E-state index is 12.6. The molecule has 2 rings (SSSR count). The fourth-order valence-corrected chi connectivity index (χ4v) is 4.52. The van der Waals surface area contributed by atoms with Gasteiger partial charge in [0.15, 0.2) is 5.78 Å². The van der Waals surface area contributed by atoms with Gasteiger partial charge in [0.05, 0.1) is 10.5 Å². The second-order valence-electron chi connectivity index (χ2n) is 8.46. The number of aryl methyl sites for hydroxylation is 1. The van der Waals surface area contributed by atoms with Crippen LogP contribution in [0.1, 0.15) is 53.5 Å². The maximum Gasteiger partial charge on any atom is 0.157 e. The highest BCUT2D eigenvalue weighted by Crippen LogP contribution is 2.31. The van der Waals surface area contributed by atoms with Crippen LogP contribution in [0.4, 0.5) is 5.69 Å². The zero-order valence-electron chi connectivity index (χ0n) is 19.7. The number of carbonyl (C=O) groups excluding carboxylic acids is 1. The van der Waals surface area contributed by atoms with Gasteiger partial charge in [-0.05, 0) is 57.5 Å². The van der Waals surface area contributed by atoms with E-state index in [2.05, 4.69) is 29.7 Å². The van der Waals surface area contributed by atoms with E-state index in [0.717, 1.165) is 62.7 Å². The number of piperazine rings is 1. The summed E-state index contributed by atoms with van der Waals surface area (Å²) in [6.07, 6.45) is 1.35. The Morgan fingerprint density at radius 3 is 2.30 bits per heavy atom. The molecule has 1 aliphatic heterocycles. The van der Waals surface area contributed by atoms with Crippen molar-refractivity contribution >= 4 is 28.7 Å². The lowest BCUT2D eigenvalue weighted by molar-refractivity contribution is -0.122. The Morgan fingerprint density at radius 1 is 1.13 bits per heavy atom. The summed E-state index contributed by atoms with van der Waals surface area (Å²) in [6.45, 7) is 19.3. The van der Waals surface area contributed by atoms with Crippen LogP contribution in [0.15, 0.2) is 18.2 Å². The standard InChI is InChI=1S/C24H39N3O2S/c1-7-20-18-21(27(19(4)30)24(5,6)23(28)8-2)10-11-22(20)29-17-16-26-14-12-25(9-3)13-15-26/h10-11,18H,7-9,12-17H2,1-6H3. The molecule has 6 heteroatoms. The fraction of sp³-hybridized carbons (Fsp3) is 0.667. The van der Waals surface area contributed by atoms with E-state index in [-0.39, 0.29) is 5.78 Å². The first-order valence-electron chi connectivity index (χ1n) is 11.3. The number of hydrogen-bond donors (Lipinski definition) is 0. The summed E-state index contributed by atoms with van der Waals surface area (Å²) in [5.41, 5.74) is 1.42. The SMILES string of the molecule is CCC(=O)C(C)(C)N(C(C)=S)c1ccc(OCCN2CCN(CC)CC2)c(CC)c1. The number of nitrogens with zero attached hydrogens (tertiary/aromatic N) is 3. The predicted molar refractivity (Wildman–Crippen MR) is 130 cm³/mol. The summed E-state index contributed by atoms with van der Waals surface area (Å²) in [4.78, 5) is 20.2. The first kappa shape index (κ1) is 24.8. The Balaban J connectivity index is 2.08. The Hall–Kier alpha value is -1.50. The van der Waals surface area contributed by atoms with Crippen LogP contribution < -0.4 is 9.64 Å². The van der Waals surface area contributed by atoms with E-state index in [1.54, 1.807) is 0 Å². The molecule has 0 saturated carbocycles. The largest absolute Gasteiger partial charge is 0.492 e. The molecule has 5 nitrogen and oxygen atoms in total. The third-order valence-electron chi connectivity index (χ3n) is 6.14. The lowest BCUT2D eigenvalue weighted by atomic mass is 9.93. The van der Waals surface area contributed by atoms with Crippen molar-refractivity contribution in [3.8, 4) is 5.75 Å². The quantitative estimate of drug-likeness (QED) is 0.515. The van der Waals surface area contributed by atoms with Gasteiger partial charge >= 0.3 is 0 Å². The summed E-state index contributed by atoms with van der Waals surface area (Å²) in [6, 6.07) is 6.17. The van der Waals surface area contributed by atoms with E-state index < -0.39 is 5.54 Å². The average Bonchev–Trinajstić information content (AvgIpc) is 2.73. The van der Waals surface area contributed by atoms with Gasteiger partial charge < -0.3 is 14.5 Å². The molecule has 0 atom stereocenters. The topological polar surface area (TPSA) is 36.0 Å². The third-order valence-corrected chi connectivity index (χ3v) is 6.32. The van der Waals surface area contributed by atoms with E-state index >= 15 is 0 Å². The number of rotatable bonds is 10. The van der Waals surface area contributed by atoms with Gasteiger partial charge in [-0.1, -0.05) is 33.0 Å². The van der Waals surface area contributed by atoms with Gasteiger partial charge in [-0.15, -0.1) is 0 Å². The van der Waals surface area contributed by atoms with E-state index in [4.69, 9.17) is 17.0 Å². The van der Waals surface area contributed by atoms with Crippen LogP contribution in [0.2, 0.25) is 0 Å². The molecule has 0 aromatic heterocycles. The second-order valence-corrected chi connectivity index (χ2v) is 9.05. The van der Waals surface area contributed by atoms with Crippen LogP contribution in [0.3, 0.4) is 0 Å². The number of ether oxygens (including phenoxy) is 1. The zero-order chi connectivity index (χ0) is 22.3. The molecule has 30 heavy (non-hydrogen) atoms. The van der Waals surface area contributed by atoms with Crippen LogP contribution in [0, 0.1) is 0 Å². The molecule has 0 aliphatic carbocycles. The number of Topliss-reactive ketones (excluding diaryl/α,β-unsaturated/α-hetero) is 1. The first-order valence-corrected chi connectivity index (χ1v) is 11.7. The maximum atomic E-state index is 12.6.